The molecule has 2 aromatic rings. The molecule has 0 bridgehead atoms. The molecule has 2 rings (SSSR count). The minimum absolute atomic E-state index is 0.221. The van der Waals surface area contributed by atoms with Gasteiger partial charge in [-0.05, 0) is 18.1 Å². The molecule has 1 amide bonds. The zero-order chi connectivity index (χ0) is 14.5. The number of nitrogens with two attached hydrogens (primary N) is 1. The van der Waals surface area contributed by atoms with Crippen LogP contribution in [0.2, 0.25) is 0 Å². The molecule has 0 fully saturated rings. The monoisotopic (exact) mass is 272 g/mol. The summed E-state index contributed by atoms with van der Waals surface area (Å²) in [7, 11) is 1.80. The molecule has 106 valence electrons. The second-order valence-electron chi connectivity index (χ2n) is 4.82. The highest BCUT2D eigenvalue weighted by atomic mass is 16.2. The van der Waals surface area contributed by atoms with Gasteiger partial charge in [-0.3, -0.25) is 9.48 Å². The molecule has 0 aliphatic rings. The second kappa shape index (κ2) is 6.34. The molecule has 0 aliphatic carbocycles. The molecule has 5 nitrogen and oxygen atoms in total. The van der Waals surface area contributed by atoms with E-state index in [1.54, 1.807) is 24.1 Å². The van der Waals surface area contributed by atoms with E-state index < -0.39 is 6.04 Å². The van der Waals surface area contributed by atoms with Crippen molar-refractivity contribution in [3.63, 3.8) is 0 Å². The van der Waals surface area contributed by atoms with Crippen LogP contribution in [0.5, 0.6) is 0 Å². The van der Waals surface area contributed by atoms with Gasteiger partial charge in [0.15, 0.2) is 0 Å². The Labute approximate surface area is 118 Å². The topological polar surface area (TPSA) is 72.9 Å². The zero-order valence-corrected chi connectivity index (χ0v) is 11.8. The lowest BCUT2D eigenvalue weighted by Crippen LogP contribution is -2.27. The van der Waals surface area contributed by atoms with Crippen LogP contribution < -0.4 is 11.1 Å². The maximum absolute atomic E-state index is 12.2. The Morgan fingerprint density at radius 1 is 1.45 bits per heavy atom. The SMILES string of the molecule is CCCc1ccccc1NC(=O)C(N)c1cnn(C)c1. The van der Waals surface area contributed by atoms with Gasteiger partial charge in [0.2, 0.25) is 5.91 Å². The smallest absolute Gasteiger partial charge is 0.246 e. The summed E-state index contributed by atoms with van der Waals surface area (Å²) in [6.45, 7) is 2.11. The van der Waals surface area contributed by atoms with Crippen LogP contribution in [0, 0.1) is 0 Å². The fourth-order valence-electron chi connectivity index (χ4n) is 2.09. The number of amides is 1. The zero-order valence-electron chi connectivity index (χ0n) is 11.8. The Kier molecular flexibility index (Phi) is 4.53. The normalized spacial score (nSPS) is 12.2. The van der Waals surface area contributed by atoms with Crippen molar-refractivity contribution in [2.45, 2.75) is 25.8 Å². The van der Waals surface area contributed by atoms with Crippen LogP contribution in [0.4, 0.5) is 5.69 Å². The summed E-state index contributed by atoms with van der Waals surface area (Å²) in [6, 6.07) is 7.10. The van der Waals surface area contributed by atoms with Gasteiger partial charge in [-0.1, -0.05) is 31.5 Å². The molecule has 1 aromatic heterocycles. The molecule has 0 spiro atoms. The number of nitrogens with zero attached hydrogens (tertiary/aromatic N) is 2. The van der Waals surface area contributed by atoms with Crippen molar-refractivity contribution in [2.24, 2.45) is 12.8 Å². The standard InChI is InChI=1S/C15H20N4O/c1-3-6-11-7-4-5-8-13(11)18-15(20)14(16)12-9-17-19(2)10-12/h4-5,7-10,14H,3,6,16H2,1-2H3,(H,18,20). The molecule has 1 unspecified atom stereocenters. The average Bonchev–Trinajstić information content (AvgIpc) is 2.87. The first kappa shape index (κ1) is 14.3. The number of anilines is 1. The average molecular weight is 272 g/mol. The minimum atomic E-state index is -0.710. The number of benzene rings is 1. The summed E-state index contributed by atoms with van der Waals surface area (Å²) < 4.78 is 1.63. The van der Waals surface area contributed by atoms with Gasteiger partial charge >= 0.3 is 0 Å². The van der Waals surface area contributed by atoms with Crippen LogP contribution in [0.25, 0.3) is 0 Å². The third kappa shape index (κ3) is 3.24. The maximum Gasteiger partial charge on any atom is 0.246 e. The van der Waals surface area contributed by atoms with Gasteiger partial charge in [0, 0.05) is 24.5 Å². The Morgan fingerprint density at radius 2 is 2.20 bits per heavy atom. The number of hydrogen-bond acceptors (Lipinski definition) is 3. The summed E-state index contributed by atoms with van der Waals surface area (Å²) in [6.07, 6.45) is 5.32. The van der Waals surface area contributed by atoms with Crippen LogP contribution in [-0.2, 0) is 18.3 Å². The van der Waals surface area contributed by atoms with E-state index in [4.69, 9.17) is 5.73 Å². The molecule has 0 saturated carbocycles. The van der Waals surface area contributed by atoms with E-state index in [-0.39, 0.29) is 5.91 Å². The first-order valence-corrected chi connectivity index (χ1v) is 6.74. The molecule has 1 aromatic carbocycles. The summed E-state index contributed by atoms with van der Waals surface area (Å²) in [5.41, 5.74) is 8.62. The molecule has 1 atom stereocenters. The largest absolute Gasteiger partial charge is 0.324 e. The molecule has 0 radical (unpaired) electrons. The van der Waals surface area contributed by atoms with Crippen molar-refractivity contribution in [3.05, 3.63) is 47.8 Å². The van der Waals surface area contributed by atoms with Gasteiger partial charge in [-0.25, -0.2) is 0 Å². The highest BCUT2D eigenvalue weighted by molar-refractivity contribution is 5.95. The summed E-state index contributed by atoms with van der Waals surface area (Å²) >= 11 is 0. The second-order valence-corrected chi connectivity index (χ2v) is 4.82. The number of rotatable bonds is 5. The van der Waals surface area contributed by atoms with Crippen LogP contribution in [-0.4, -0.2) is 15.7 Å². The quantitative estimate of drug-likeness (QED) is 0.874. The van der Waals surface area contributed by atoms with E-state index in [1.165, 1.54) is 0 Å². The van der Waals surface area contributed by atoms with Gasteiger partial charge in [-0.2, -0.15) is 5.10 Å². The van der Waals surface area contributed by atoms with E-state index in [1.807, 2.05) is 24.3 Å². The molecule has 0 aliphatic heterocycles. The third-order valence-electron chi connectivity index (χ3n) is 3.16. The minimum Gasteiger partial charge on any atom is -0.324 e. The van der Waals surface area contributed by atoms with Crippen molar-refractivity contribution >= 4 is 11.6 Å². The molecular weight excluding hydrogens is 252 g/mol. The summed E-state index contributed by atoms with van der Waals surface area (Å²) in [5.74, 6) is -0.221. The molecule has 20 heavy (non-hydrogen) atoms. The summed E-state index contributed by atoms with van der Waals surface area (Å²) in [5, 5.41) is 6.93. The van der Waals surface area contributed by atoms with Gasteiger partial charge in [-0.15, -0.1) is 0 Å². The van der Waals surface area contributed by atoms with Crippen LogP contribution >= 0.6 is 0 Å². The predicted octanol–water partition coefficient (Wildman–Crippen LogP) is 2.01. The molecule has 5 heteroatoms. The van der Waals surface area contributed by atoms with Gasteiger partial charge in [0.05, 0.1) is 6.20 Å². The predicted molar refractivity (Wildman–Crippen MR) is 79.2 cm³/mol. The lowest BCUT2D eigenvalue weighted by molar-refractivity contribution is -0.117. The number of aryl methyl sites for hydroxylation is 2. The van der Waals surface area contributed by atoms with Gasteiger partial charge < -0.3 is 11.1 Å². The Morgan fingerprint density at radius 3 is 2.85 bits per heavy atom. The van der Waals surface area contributed by atoms with E-state index >= 15 is 0 Å². The highest BCUT2D eigenvalue weighted by Crippen LogP contribution is 2.19. The number of hydrogen-bond donors (Lipinski definition) is 2. The highest BCUT2D eigenvalue weighted by Gasteiger charge is 2.18. The van der Waals surface area contributed by atoms with Crippen molar-refractivity contribution in [3.8, 4) is 0 Å². The first-order valence-electron chi connectivity index (χ1n) is 6.74. The number of carbonyl (C=O) groups is 1. The van der Waals surface area contributed by atoms with Crippen molar-refractivity contribution in [1.82, 2.24) is 9.78 Å². The number of carbonyl (C=O) groups excluding carboxylic acids is 1. The number of nitrogens with one attached hydrogen (secondary N) is 1. The van der Waals surface area contributed by atoms with E-state index in [0.717, 1.165) is 24.1 Å². The van der Waals surface area contributed by atoms with Crippen LogP contribution in [0.15, 0.2) is 36.7 Å². The number of aromatic nitrogens is 2. The van der Waals surface area contributed by atoms with E-state index in [0.29, 0.717) is 5.56 Å². The summed E-state index contributed by atoms with van der Waals surface area (Å²) in [4.78, 5) is 12.2. The molecular formula is C15H20N4O. The molecule has 0 saturated heterocycles. The Bertz CT molecular complexity index is 591. The van der Waals surface area contributed by atoms with Crippen molar-refractivity contribution in [2.75, 3.05) is 5.32 Å². The fourth-order valence-corrected chi connectivity index (χ4v) is 2.09. The Balaban J connectivity index is 2.11. The molecule has 3 N–H and O–H groups in total. The number of para-hydroxylation sites is 1. The van der Waals surface area contributed by atoms with E-state index in [2.05, 4.69) is 17.3 Å². The maximum atomic E-state index is 12.2. The first-order chi connectivity index (χ1) is 9.61. The van der Waals surface area contributed by atoms with Gasteiger partial charge in [0.1, 0.15) is 6.04 Å². The van der Waals surface area contributed by atoms with Gasteiger partial charge in [0.25, 0.3) is 0 Å². The lowest BCUT2D eigenvalue weighted by Gasteiger charge is -2.13. The third-order valence-corrected chi connectivity index (χ3v) is 3.16. The van der Waals surface area contributed by atoms with Crippen LogP contribution in [0.3, 0.4) is 0 Å². The van der Waals surface area contributed by atoms with Crippen molar-refractivity contribution in [1.29, 1.82) is 0 Å². The van der Waals surface area contributed by atoms with Crippen molar-refractivity contribution < 1.29 is 4.79 Å². The lowest BCUT2D eigenvalue weighted by atomic mass is 10.1. The Hall–Kier alpha value is -2.14. The van der Waals surface area contributed by atoms with Crippen LogP contribution in [0.1, 0.15) is 30.5 Å². The molecule has 1 heterocycles. The van der Waals surface area contributed by atoms with E-state index in [9.17, 15) is 4.79 Å². The fraction of sp³-hybridized carbons (Fsp3) is 0.333.